The molecule has 11 fully saturated rings. The van der Waals surface area contributed by atoms with Gasteiger partial charge in [0.1, 0.15) is 116 Å². The molecule has 15 N–H and O–H groups in total. The molecule has 4 saturated carbocycles. The lowest BCUT2D eigenvalue weighted by molar-refractivity contribution is -0.393. The molecule has 84 heavy (non-hydrogen) atoms. The molecule has 0 aromatic rings. The minimum absolute atomic E-state index is 0.133. The van der Waals surface area contributed by atoms with Crippen LogP contribution in [0.1, 0.15) is 98.8 Å². The van der Waals surface area contributed by atoms with Crippen molar-refractivity contribution in [2.75, 3.05) is 33.0 Å². The van der Waals surface area contributed by atoms with E-state index in [0.717, 1.165) is 58.0 Å². The van der Waals surface area contributed by atoms with Crippen LogP contribution in [0.4, 0.5) is 0 Å². The molecule has 1 spiro atoms. The summed E-state index contributed by atoms with van der Waals surface area (Å²) in [6.07, 6.45) is -32.8. The molecule has 0 aromatic heterocycles. The Kier molecular flexibility index (Phi) is 19.3. The number of ether oxygens (including phenoxy) is 12. The summed E-state index contributed by atoms with van der Waals surface area (Å²) < 4.78 is 72.0. The third-order valence-electron chi connectivity index (χ3n) is 22.5. The lowest BCUT2D eigenvalue weighted by Crippen LogP contribution is -2.68. The summed E-state index contributed by atoms with van der Waals surface area (Å²) in [6, 6.07) is 0. The quantitative estimate of drug-likeness (QED) is 0.0736. The van der Waals surface area contributed by atoms with Gasteiger partial charge in [-0.05, 0) is 111 Å². The zero-order valence-electron chi connectivity index (χ0n) is 48.3. The van der Waals surface area contributed by atoms with Gasteiger partial charge in [-0.25, -0.2) is 0 Å². The Morgan fingerprint density at radius 1 is 0.429 bits per heavy atom. The van der Waals surface area contributed by atoms with Gasteiger partial charge in [-0.1, -0.05) is 27.7 Å². The number of aliphatic hydroxyl groups is 15. The van der Waals surface area contributed by atoms with Gasteiger partial charge >= 0.3 is 0 Å². The fourth-order valence-corrected chi connectivity index (χ4v) is 17.7. The highest BCUT2D eigenvalue weighted by Gasteiger charge is 2.69. The molecule has 7 heterocycles. The molecule has 484 valence electrons. The first-order valence-corrected chi connectivity index (χ1v) is 30.7. The van der Waals surface area contributed by atoms with Crippen molar-refractivity contribution in [2.24, 2.45) is 52.3 Å². The van der Waals surface area contributed by atoms with Crippen molar-refractivity contribution in [3.63, 3.8) is 0 Å². The topological polar surface area (TPSA) is 414 Å². The Bertz CT molecular complexity index is 2170. The molecular weight excluding hydrogens is 1120 g/mol. The first-order chi connectivity index (χ1) is 39.9. The predicted octanol–water partition coefficient (Wildman–Crippen LogP) is -4.06. The molecule has 37 atom stereocenters. The van der Waals surface area contributed by atoms with Gasteiger partial charge in [0.2, 0.25) is 0 Å². The summed E-state index contributed by atoms with van der Waals surface area (Å²) in [5.41, 5.74) is 0.350. The van der Waals surface area contributed by atoms with Crippen LogP contribution in [-0.2, 0) is 56.8 Å². The monoisotopic (exact) mass is 1210 g/mol. The summed E-state index contributed by atoms with van der Waals surface area (Å²) in [5.74, 6) is 3.22. The second-order valence-electron chi connectivity index (χ2n) is 27.1. The fraction of sp³-hybridized carbons (Fsp3) is 1.00. The average molecular weight is 1210 g/mol. The van der Waals surface area contributed by atoms with Crippen molar-refractivity contribution in [1.29, 1.82) is 0 Å². The third kappa shape index (κ3) is 11.2. The standard InChI is InChI=1S/C57H94O27/c1-21-8-13-57(73-20-21)22(2)34-29(84-57)15-28-26-7-6-24-14-25(9-11-55(24,4)27(26)10-12-56(28,34)5)75-50-42(69)37(64)46(23(3)74-50)80-52-43(70)38(65)48(31(17-59)77-52)82-54-45(72)40(67)49(33(19-61)79-54)83-53-44(71)39(66)47(32(18-60)78-53)81-51-41(68)36(63)35(62)30(16-58)76-51/h21-54,58-72H,6-20H2,1-5H3/t21?,22?,23-,24?,25?,26+,27-,28-,29?,30+,31+,32+,33+,34-,35+,36-,37-,38+,39+,40+,41+,42+,43+,44+,45+,46-,47+,48+,49+,50-,51-,52-,53-,54-,55-,56-,57?/m0/s1. The molecule has 0 amide bonds. The van der Waals surface area contributed by atoms with E-state index >= 15 is 0 Å². The highest BCUT2D eigenvalue weighted by molar-refractivity contribution is 5.16. The van der Waals surface area contributed by atoms with Gasteiger partial charge in [-0.2, -0.15) is 0 Å². The van der Waals surface area contributed by atoms with Crippen LogP contribution in [0.5, 0.6) is 0 Å². The van der Waals surface area contributed by atoms with Crippen LogP contribution in [-0.4, -0.2) is 281 Å². The highest BCUT2D eigenvalue weighted by atomic mass is 16.8. The Hall–Kier alpha value is -1.08. The van der Waals surface area contributed by atoms with Crippen molar-refractivity contribution in [1.82, 2.24) is 0 Å². The Morgan fingerprint density at radius 2 is 0.893 bits per heavy atom. The molecule has 11 aliphatic rings. The van der Waals surface area contributed by atoms with Gasteiger partial charge in [0, 0.05) is 12.3 Å². The molecule has 7 saturated heterocycles. The molecule has 11 rings (SSSR count). The van der Waals surface area contributed by atoms with Crippen LogP contribution >= 0.6 is 0 Å². The van der Waals surface area contributed by atoms with Crippen molar-refractivity contribution < 1.29 is 133 Å². The van der Waals surface area contributed by atoms with E-state index in [1.54, 1.807) is 6.92 Å². The third-order valence-corrected chi connectivity index (χ3v) is 22.5. The lowest BCUT2D eigenvalue weighted by Gasteiger charge is -2.61. The first kappa shape index (κ1) is 64.4. The number of aliphatic hydroxyl groups excluding tert-OH is 15. The Labute approximate surface area is 487 Å². The van der Waals surface area contributed by atoms with E-state index in [2.05, 4.69) is 27.7 Å². The summed E-state index contributed by atoms with van der Waals surface area (Å²) in [6.45, 7) is 8.48. The molecule has 7 aliphatic heterocycles. The number of hydrogen-bond acceptors (Lipinski definition) is 27. The minimum atomic E-state index is -2.09. The SMILES string of the molecule is CC1CCC2(OC1)OC1C[C@H]3[C@@H]4CCC5CC(O[C@@H]6O[C@@H](C)[C@H](O[C@@H]7O[C@H](CO)[C@@H](O[C@@H]8O[C@H](CO)[C@@H](O[C@@H]9O[C@H](CO)[C@@H](O[C@@H]%10O[C@H](CO)[C@@H](O)[C@H](O)[C@H]%10O)[C@H](O)[C@H]9O)[C@H](O)[C@H]8O)[C@H](O)[C@H]7O)[C@@H](O)[C@H]6O)CC[C@]5(C)[C@H]4CC[C@]3(C)[C@H]1C2C. The largest absolute Gasteiger partial charge is 0.394 e. The normalized spacial score (nSPS) is 57.7. The maximum absolute atomic E-state index is 11.6. The van der Waals surface area contributed by atoms with Gasteiger partial charge in [0.05, 0.1) is 51.3 Å². The van der Waals surface area contributed by atoms with Crippen LogP contribution in [0.3, 0.4) is 0 Å². The van der Waals surface area contributed by atoms with Crippen molar-refractivity contribution in [3.8, 4) is 0 Å². The second kappa shape index (κ2) is 25.2. The molecule has 27 nitrogen and oxygen atoms in total. The van der Waals surface area contributed by atoms with Crippen LogP contribution < -0.4 is 0 Å². The van der Waals surface area contributed by atoms with Crippen molar-refractivity contribution >= 4 is 0 Å². The summed E-state index contributed by atoms with van der Waals surface area (Å²) in [5, 5.41) is 162. The smallest absolute Gasteiger partial charge is 0.187 e. The first-order valence-electron chi connectivity index (χ1n) is 30.7. The van der Waals surface area contributed by atoms with E-state index in [1.165, 1.54) is 12.8 Å². The summed E-state index contributed by atoms with van der Waals surface area (Å²) in [7, 11) is 0. The maximum Gasteiger partial charge on any atom is 0.187 e. The predicted molar refractivity (Wildman–Crippen MR) is 279 cm³/mol. The van der Waals surface area contributed by atoms with Gasteiger partial charge in [-0.15, -0.1) is 0 Å². The highest BCUT2D eigenvalue weighted by Crippen LogP contribution is 2.71. The zero-order chi connectivity index (χ0) is 60.2. The average Bonchev–Trinajstić information content (AvgIpc) is 1.55. The lowest BCUT2D eigenvalue weighted by atomic mass is 9.44. The minimum Gasteiger partial charge on any atom is -0.394 e. The Morgan fingerprint density at radius 3 is 1.39 bits per heavy atom. The number of rotatable bonds is 14. The van der Waals surface area contributed by atoms with Gasteiger partial charge in [-0.3, -0.25) is 0 Å². The molecular formula is C57H94O27. The molecule has 0 bridgehead atoms. The molecule has 4 aliphatic carbocycles. The van der Waals surface area contributed by atoms with E-state index < -0.39 is 186 Å². The van der Waals surface area contributed by atoms with Crippen molar-refractivity contribution in [3.05, 3.63) is 0 Å². The molecule has 0 aromatic carbocycles. The molecule has 27 heteroatoms. The zero-order valence-corrected chi connectivity index (χ0v) is 48.3. The van der Waals surface area contributed by atoms with Gasteiger partial charge < -0.3 is 133 Å². The summed E-state index contributed by atoms with van der Waals surface area (Å²) >= 11 is 0. The van der Waals surface area contributed by atoms with Crippen molar-refractivity contribution in [2.45, 2.75) is 270 Å². The van der Waals surface area contributed by atoms with E-state index in [9.17, 15) is 76.6 Å². The second-order valence-corrected chi connectivity index (χ2v) is 27.1. The Balaban J connectivity index is 0.661. The van der Waals surface area contributed by atoms with Crippen LogP contribution in [0, 0.1) is 52.3 Å². The van der Waals surface area contributed by atoms with E-state index in [-0.39, 0.29) is 23.0 Å². The van der Waals surface area contributed by atoms with Gasteiger partial charge in [0.15, 0.2) is 37.2 Å². The van der Waals surface area contributed by atoms with Crippen LogP contribution in [0.2, 0.25) is 0 Å². The van der Waals surface area contributed by atoms with E-state index in [1.807, 2.05) is 0 Å². The van der Waals surface area contributed by atoms with Crippen LogP contribution in [0.15, 0.2) is 0 Å². The number of fused-ring (bicyclic) bond motifs is 7. The maximum atomic E-state index is 11.6. The number of hydrogen-bond donors (Lipinski definition) is 15. The molecule has 0 radical (unpaired) electrons. The van der Waals surface area contributed by atoms with Gasteiger partial charge in [0.25, 0.3) is 0 Å². The van der Waals surface area contributed by atoms with E-state index in [4.69, 9.17) is 56.8 Å². The fourth-order valence-electron chi connectivity index (χ4n) is 17.7. The summed E-state index contributed by atoms with van der Waals surface area (Å²) in [4.78, 5) is 0. The van der Waals surface area contributed by atoms with Crippen LogP contribution in [0.25, 0.3) is 0 Å². The van der Waals surface area contributed by atoms with E-state index in [0.29, 0.717) is 41.4 Å². The molecule has 6 unspecified atom stereocenters.